The maximum absolute atomic E-state index is 13.9. The molecule has 3 heteroatoms. The topological polar surface area (TPSA) is 21.3 Å². The number of benzene rings is 1. The molecule has 0 amide bonds. The van der Waals surface area contributed by atoms with E-state index in [9.17, 15) is 4.39 Å². The number of hydrogen-bond acceptors (Lipinski definition) is 2. The van der Waals surface area contributed by atoms with E-state index in [1.165, 1.54) is 6.07 Å². The maximum atomic E-state index is 13.9. The Morgan fingerprint density at radius 2 is 2.00 bits per heavy atom. The summed E-state index contributed by atoms with van der Waals surface area (Å²) in [4.78, 5) is 0. The second-order valence-corrected chi connectivity index (χ2v) is 5.83. The summed E-state index contributed by atoms with van der Waals surface area (Å²) < 4.78 is 19.9. The first-order chi connectivity index (χ1) is 9.57. The molecule has 20 heavy (non-hydrogen) atoms. The SMILES string of the molecule is CCNC1CC(Oc2cc(C)ccc2F)C1(CC)CC. The quantitative estimate of drug-likeness (QED) is 0.847. The normalized spacial score (nSPS) is 24.2. The molecule has 0 spiro atoms. The fraction of sp³-hybridized carbons (Fsp3) is 0.647. The molecule has 0 aliphatic heterocycles. The van der Waals surface area contributed by atoms with E-state index in [2.05, 4.69) is 26.1 Å². The van der Waals surface area contributed by atoms with Gasteiger partial charge in [-0.1, -0.05) is 26.8 Å². The Morgan fingerprint density at radius 1 is 1.30 bits per heavy atom. The molecule has 1 aliphatic rings. The summed E-state index contributed by atoms with van der Waals surface area (Å²) in [5.41, 5.74) is 1.16. The standard InChI is InChI=1S/C17H26FNO/c1-5-17(6-2)15(19-7-3)11-16(17)20-14-10-12(4)8-9-13(14)18/h8-10,15-16,19H,5-7,11H2,1-4H3. The first-order valence-corrected chi connectivity index (χ1v) is 7.73. The van der Waals surface area contributed by atoms with Crippen LogP contribution < -0.4 is 10.1 Å². The number of rotatable bonds is 6. The minimum Gasteiger partial charge on any atom is -0.487 e. The third kappa shape index (κ3) is 2.56. The smallest absolute Gasteiger partial charge is 0.165 e. The van der Waals surface area contributed by atoms with Gasteiger partial charge in [-0.2, -0.15) is 0 Å². The van der Waals surface area contributed by atoms with Gasteiger partial charge in [0, 0.05) is 17.9 Å². The van der Waals surface area contributed by atoms with E-state index in [1.807, 2.05) is 6.92 Å². The highest BCUT2D eigenvalue weighted by molar-refractivity contribution is 5.30. The lowest BCUT2D eigenvalue weighted by molar-refractivity contribution is -0.0868. The van der Waals surface area contributed by atoms with Crippen LogP contribution in [0.15, 0.2) is 18.2 Å². The summed E-state index contributed by atoms with van der Waals surface area (Å²) in [6, 6.07) is 5.55. The highest BCUT2D eigenvalue weighted by Crippen LogP contribution is 2.49. The highest BCUT2D eigenvalue weighted by Gasteiger charge is 2.54. The van der Waals surface area contributed by atoms with Crippen molar-refractivity contribution in [1.82, 2.24) is 5.32 Å². The van der Waals surface area contributed by atoms with E-state index >= 15 is 0 Å². The van der Waals surface area contributed by atoms with Gasteiger partial charge < -0.3 is 10.1 Å². The van der Waals surface area contributed by atoms with Crippen molar-refractivity contribution in [2.45, 2.75) is 59.1 Å². The molecule has 1 fully saturated rings. The summed E-state index contributed by atoms with van der Waals surface area (Å²) >= 11 is 0. The lowest BCUT2D eigenvalue weighted by Gasteiger charge is -2.55. The predicted octanol–water partition coefficient (Wildman–Crippen LogP) is 4.07. The highest BCUT2D eigenvalue weighted by atomic mass is 19.1. The minimum absolute atomic E-state index is 0.109. The third-order valence-corrected chi connectivity index (χ3v) is 4.91. The van der Waals surface area contributed by atoms with Crippen molar-refractivity contribution >= 4 is 0 Å². The summed E-state index contributed by atoms with van der Waals surface area (Å²) in [5.74, 6) is 0.139. The van der Waals surface area contributed by atoms with Gasteiger partial charge in [-0.05, 0) is 44.0 Å². The molecule has 0 aromatic heterocycles. The van der Waals surface area contributed by atoms with Gasteiger partial charge >= 0.3 is 0 Å². The van der Waals surface area contributed by atoms with E-state index in [0.717, 1.165) is 31.4 Å². The average molecular weight is 279 g/mol. The molecule has 2 unspecified atom stereocenters. The van der Waals surface area contributed by atoms with Crippen molar-refractivity contribution in [1.29, 1.82) is 0 Å². The van der Waals surface area contributed by atoms with E-state index < -0.39 is 0 Å². The first kappa shape index (κ1) is 15.3. The van der Waals surface area contributed by atoms with Gasteiger partial charge in [-0.15, -0.1) is 0 Å². The molecule has 0 heterocycles. The Morgan fingerprint density at radius 3 is 2.60 bits per heavy atom. The lowest BCUT2D eigenvalue weighted by atomic mass is 9.58. The minimum atomic E-state index is -0.261. The van der Waals surface area contributed by atoms with Gasteiger partial charge in [0.25, 0.3) is 0 Å². The zero-order valence-electron chi connectivity index (χ0n) is 13.0. The van der Waals surface area contributed by atoms with Gasteiger partial charge in [-0.25, -0.2) is 4.39 Å². The number of ether oxygens (including phenoxy) is 1. The molecule has 1 aliphatic carbocycles. The number of nitrogens with one attached hydrogen (secondary N) is 1. The molecule has 2 atom stereocenters. The van der Waals surface area contributed by atoms with Crippen molar-refractivity contribution < 1.29 is 9.13 Å². The van der Waals surface area contributed by atoms with Crippen LogP contribution in [0.4, 0.5) is 4.39 Å². The van der Waals surface area contributed by atoms with E-state index in [-0.39, 0.29) is 17.3 Å². The lowest BCUT2D eigenvalue weighted by Crippen LogP contribution is -2.64. The second kappa shape index (κ2) is 6.13. The van der Waals surface area contributed by atoms with Gasteiger partial charge in [0.15, 0.2) is 11.6 Å². The van der Waals surface area contributed by atoms with Crippen molar-refractivity contribution in [3.05, 3.63) is 29.6 Å². The largest absolute Gasteiger partial charge is 0.487 e. The van der Waals surface area contributed by atoms with Crippen LogP contribution in [0.5, 0.6) is 5.75 Å². The fourth-order valence-electron chi connectivity index (χ4n) is 3.50. The molecule has 0 bridgehead atoms. The van der Waals surface area contributed by atoms with Gasteiger partial charge in [0.2, 0.25) is 0 Å². The molecule has 112 valence electrons. The number of hydrogen-bond donors (Lipinski definition) is 1. The molecular weight excluding hydrogens is 253 g/mol. The van der Waals surface area contributed by atoms with Gasteiger partial charge in [-0.3, -0.25) is 0 Å². The van der Waals surface area contributed by atoms with Crippen molar-refractivity contribution in [3.63, 3.8) is 0 Å². The predicted molar refractivity (Wildman–Crippen MR) is 80.6 cm³/mol. The molecule has 2 rings (SSSR count). The zero-order chi connectivity index (χ0) is 14.8. The number of aryl methyl sites for hydroxylation is 1. The van der Waals surface area contributed by atoms with Gasteiger partial charge in [0.05, 0.1) is 0 Å². The summed E-state index contributed by atoms with van der Waals surface area (Å²) in [7, 11) is 0. The maximum Gasteiger partial charge on any atom is 0.165 e. The molecule has 1 N–H and O–H groups in total. The van der Waals surface area contributed by atoms with E-state index in [0.29, 0.717) is 11.8 Å². The van der Waals surface area contributed by atoms with Crippen LogP contribution in [-0.2, 0) is 0 Å². The van der Waals surface area contributed by atoms with Crippen LogP contribution in [0.1, 0.15) is 45.6 Å². The van der Waals surface area contributed by atoms with Crippen LogP contribution in [0.25, 0.3) is 0 Å². The Hall–Kier alpha value is -1.09. The molecule has 2 nitrogen and oxygen atoms in total. The Labute approximate surface area is 121 Å². The zero-order valence-corrected chi connectivity index (χ0v) is 13.0. The average Bonchev–Trinajstić information content (AvgIpc) is 2.43. The fourth-order valence-corrected chi connectivity index (χ4v) is 3.50. The van der Waals surface area contributed by atoms with Crippen LogP contribution in [0.2, 0.25) is 0 Å². The molecule has 0 saturated heterocycles. The number of halogens is 1. The van der Waals surface area contributed by atoms with Crippen molar-refractivity contribution in [3.8, 4) is 5.75 Å². The molecule has 0 radical (unpaired) electrons. The van der Waals surface area contributed by atoms with Crippen LogP contribution >= 0.6 is 0 Å². The monoisotopic (exact) mass is 279 g/mol. The van der Waals surface area contributed by atoms with Gasteiger partial charge in [0.1, 0.15) is 6.10 Å². The summed E-state index contributed by atoms with van der Waals surface area (Å²) in [6.45, 7) is 9.47. The first-order valence-electron chi connectivity index (χ1n) is 7.73. The van der Waals surface area contributed by atoms with E-state index in [1.54, 1.807) is 12.1 Å². The third-order valence-electron chi connectivity index (χ3n) is 4.91. The molecule has 1 aromatic rings. The molecule has 1 aromatic carbocycles. The molecule has 1 saturated carbocycles. The van der Waals surface area contributed by atoms with Crippen molar-refractivity contribution in [2.24, 2.45) is 5.41 Å². The summed E-state index contributed by atoms with van der Waals surface area (Å²) in [5, 5.41) is 3.54. The molecular formula is C17H26FNO. The Bertz CT molecular complexity index is 456. The van der Waals surface area contributed by atoms with Crippen LogP contribution in [0, 0.1) is 18.2 Å². The van der Waals surface area contributed by atoms with Crippen molar-refractivity contribution in [2.75, 3.05) is 6.54 Å². The van der Waals surface area contributed by atoms with E-state index in [4.69, 9.17) is 4.74 Å². The van der Waals surface area contributed by atoms with Crippen LogP contribution in [0.3, 0.4) is 0 Å². The Kier molecular flexibility index (Phi) is 4.69. The summed E-state index contributed by atoms with van der Waals surface area (Å²) in [6.07, 6.45) is 3.18. The Balaban J connectivity index is 2.15. The second-order valence-electron chi connectivity index (χ2n) is 5.83. The van der Waals surface area contributed by atoms with Crippen LogP contribution in [-0.4, -0.2) is 18.7 Å².